The predicted octanol–water partition coefficient (Wildman–Crippen LogP) is 4.18. The minimum absolute atomic E-state index is 0.635. The Morgan fingerprint density at radius 1 is 1.00 bits per heavy atom. The van der Waals surface area contributed by atoms with Gasteiger partial charge in [-0.05, 0) is 25.1 Å². The van der Waals surface area contributed by atoms with Crippen LogP contribution in [0.4, 0.5) is 5.69 Å². The van der Waals surface area contributed by atoms with Gasteiger partial charge in [0.15, 0.2) is 0 Å². The van der Waals surface area contributed by atoms with E-state index in [1.54, 1.807) is 14.2 Å². The number of ether oxygens (including phenoxy) is 3. The lowest BCUT2D eigenvalue weighted by atomic mass is 10.3. The van der Waals surface area contributed by atoms with E-state index < -0.39 is 0 Å². The lowest BCUT2D eigenvalue weighted by Gasteiger charge is -2.08. The average Bonchev–Trinajstić information content (AvgIpc) is 2.68. The molecule has 1 aromatic rings. The van der Waals surface area contributed by atoms with Crippen LogP contribution in [0, 0.1) is 0 Å². The van der Waals surface area contributed by atoms with Gasteiger partial charge in [0.1, 0.15) is 5.75 Å². The largest absolute Gasteiger partial charge is 0.497 e. The van der Waals surface area contributed by atoms with Crippen LogP contribution in [0.25, 0.3) is 0 Å². The Morgan fingerprint density at radius 3 is 2.12 bits per heavy atom. The van der Waals surface area contributed by atoms with E-state index in [2.05, 4.69) is 12.2 Å². The summed E-state index contributed by atoms with van der Waals surface area (Å²) in [7, 11) is 3.32. The Hall–Kier alpha value is -1.30. The van der Waals surface area contributed by atoms with Crippen LogP contribution in [0.15, 0.2) is 24.3 Å². The first kappa shape index (κ1) is 27.5. The number of nitrogens with two attached hydrogens (primary N) is 1. The van der Waals surface area contributed by atoms with E-state index in [1.165, 1.54) is 0 Å². The molecule has 3 N–H and O–H groups in total. The predicted molar refractivity (Wildman–Crippen MR) is 106 cm³/mol. The molecule has 5 nitrogen and oxygen atoms in total. The lowest BCUT2D eigenvalue weighted by molar-refractivity contribution is 0.0759. The molecule has 0 atom stereocenters. The van der Waals surface area contributed by atoms with Gasteiger partial charge in [0.05, 0.1) is 26.9 Å². The third-order valence-electron chi connectivity index (χ3n) is 2.37. The monoisotopic (exact) mass is 344 g/mol. The van der Waals surface area contributed by atoms with Gasteiger partial charge in [-0.3, -0.25) is 0 Å². The van der Waals surface area contributed by atoms with Crippen LogP contribution in [-0.4, -0.2) is 47.1 Å². The molecule has 5 heteroatoms. The number of hydrogen-bond acceptors (Lipinski definition) is 5. The highest BCUT2D eigenvalue weighted by Crippen LogP contribution is 2.16. The normalized spacial score (nSPS) is 8.50. The molecule has 24 heavy (non-hydrogen) atoms. The fourth-order valence-electron chi connectivity index (χ4n) is 1.24. The molecule has 0 spiro atoms. The Morgan fingerprint density at radius 2 is 1.62 bits per heavy atom. The summed E-state index contributed by atoms with van der Waals surface area (Å²) in [6, 6.07) is 7.82. The second-order valence-electron chi connectivity index (χ2n) is 4.05. The van der Waals surface area contributed by atoms with Gasteiger partial charge >= 0.3 is 0 Å². The van der Waals surface area contributed by atoms with Crippen LogP contribution in [0.3, 0.4) is 0 Å². The number of hydrogen-bond donors (Lipinski definition) is 2. The van der Waals surface area contributed by atoms with Crippen LogP contribution in [-0.2, 0) is 9.47 Å². The molecule has 0 radical (unpaired) electrons. The van der Waals surface area contributed by atoms with Crippen LogP contribution < -0.4 is 15.8 Å². The second kappa shape index (κ2) is 26.6. The van der Waals surface area contributed by atoms with Crippen LogP contribution in [0.5, 0.6) is 5.75 Å². The summed E-state index contributed by atoms with van der Waals surface area (Å²) < 4.78 is 15.3. The van der Waals surface area contributed by atoms with Crippen LogP contribution >= 0.6 is 0 Å². The minimum atomic E-state index is 0.635. The average molecular weight is 345 g/mol. The highest BCUT2D eigenvalue weighted by molar-refractivity contribution is 5.47. The molecular weight excluding hydrogens is 304 g/mol. The molecule has 0 bridgehead atoms. The fraction of sp³-hybridized carbons (Fsp3) is 0.684. The fourth-order valence-corrected chi connectivity index (χ4v) is 1.24. The molecule has 0 aromatic heterocycles. The molecule has 0 aliphatic carbocycles. The molecule has 144 valence electrons. The van der Waals surface area contributed by atoms with Gasteiger partial charge in [-0.1, -0.05) is 40.7 Å². The zero-order valence-corrected chi connectivity index (χ0v) is 16.9. The lowest BCUT2D eigenvalue weighted by Crippen LogP contribution is -2.11. The number of methoxy groups -OCH3 is 2. The molecule has 0 fully saturated rings. The number of nitrogens with one attached hydrogen (secondary N) is 1. The summed E-state index contributed by atoms with van der Waals surface area (Å²) >= 11 is 0. The summed E-state index contributed by atoms with van der Waals surface area (Å²) in [6.45, 7) is 13.6. The quantitative estimate of drug-likeness (QED) is 0.658. The maximum absolute atomic E-state index is 5.33. The van der Waals surface area contributed by atoms with Crippen molar-refractivity contribution in [2.24, 2.45) is 5.73 Å². The van der Waals surface area contributed by atoms with E-state index in [-0.39, 0.29) is 0 Å². The molecule has 0 saturated heterocycles. The van der Waals surface area contributed by atoms with Crippen molar-refractivity contribution in [3.63, 3.8) is 0 Å². The second-order valence-corrected chi connectivity index (χ2v) is 4.05. The molecule has 0 aliphatic heterocycles. The molecule has 0 unspecified atom stereocenters. The Balaban J connectivity index is -0.000000471. The molecule has 0 heterocycles. The number of rotatable bonds is 9. The van der Waals surface area contributed by atoms with Gasteiger partial charge < -0.3 is 25.3 Å². The SMILES string of the molecule is CC.CC.CCCN.COCCOCCNc1cccc(OC)c1. The van der Waals surface area contributed by atoms with Crippen molar-refractivity contribution in [1.29, 1.82) is 0 Å². The van der Waals surface area contributed by atoms with Crippen molar-refractivity contribution in [2.75, 3.05) is 52.4 Å². The van der Waals surface area contributed by atoms with Crippen molar-refractivity contribution in [1.82, 2.24) is 0 Å². The van der Waals surface area contributed by atoms with Gasteiger partial charge in [0.2, 0.25) is 0 Å². The van der Waals surface area contributed by atoms with Crippen molar-refractivity contribution in [2.45, 2.75) is 41.0 Å². The van der Waals surface area contributed by atoms with E-state index in [4.69, 9.17) is 19.9 Å². The summed E-state index contributed by atoms with van der Waals surface area (Å²) in [6.07, 6.45) is 1.10. The third kappa shape index (κ3) is 20.7. The van der Waals surface area contributed by atoms with Gasteiger partial charge in [-0.2, -0.15) is 0 Å². The minimum Gasteiger partial charge on any atom is -0.497 e. The smallest absolute Gasteiger partial charge is 0.120 e. The third-order valence-corrected chi connectivity index (χ3v) is 2.37. The van der Waals surface area contributed by atoms with Crippen molar-refractivity contribution >= 4 is 5.69 Å². The summed E-state index contributed by atoms with van der Waals surface area (Å²) in [5.41, 5.74) is 6.06. The Bertz CT molecular complexity index is 321. The van der Waals surface area contributed by atoms with Gasteiger partial charge in [0, 0.05) is 25.4 Å². The Labute approximate surface area is 149 Å². The highest BCUT2D eigenvalue weighted by atomic mass is 16.5. The molecule has 0 saturated carbocycles. The molecule has 1 rings (SSSR count). The highest BCUT2D eigenvalue weighted by Gasteiger charge is 1.94. The van der Waals surface area contributed by atoms with E-state index in [1.807, 2.05) is 52.0 Å². The van der Waals surface area contributed by atoms with Crippen molar-refractivity contribution < 1.29 is 14.2 Å². The zero-order chi connectivity index (χ0) is 19.1. The standard InChI is InChI=1S/C12H19NO3.C3H9N.2C2H6/c1-14-8-9-16-7-6-13-11-4-3-5-12(10-11)15-2;1-2-3-4;2*1-2/h3-5,10,13H,6-9H2,1-2H3;2-4H2,1H3;2*1-2H3. The number of benzene rings is 1. The molecule has 0 amide bonds. The van der Waals surface area contributed by atoms with Gasteiger partial charge in [-0.15, -0.1) is 0 Å². The first-order valence-corrected chi connectivity index (χ1v) is 8.93. The van der Waals surface area contributed by atoms with E-state index in [0.29, 0.717) is 19.8 Å². The maximum Gasteiger partial charge on any atom is 0.120 e. The van der Waals surface area contributed by atoms with Crippen LogP contribution in [0.1, 0.15) is 41.0 Å². The van der Waals surface area contributed by atoms with Crippen molar-refractivity contribution in [3.8, 4) is 5.75 Å². The summed E-state index contributed by atoms with van der Waals surface area (Å²) in [4.78, 5) is 0. The maximum atomic E-state index is 5.33. The Kier molecular flexibility index (Phi) is 30.5. The van der Waals surface area contributed by atoms with E-state index >= 15 is 0 Å². The summed E-state index contributed by atoms with van der Waals surface area (Å²) in [5, 5.41) is 3.25. The van der Waals surface area contributed by atoms with Crippen molar-refractivity contribution in [3.05, 3.63) is 24.3 Å². The van der Waals surface area contributed by atoms with Gasteiger partial charge in [-0.25, -0.2) is 0 Å². The zero-order valence-electron chi connectivity index (χ0n) is 16.9. The van der Waals surface area contributed by atoms with E-state index in [0.717, 1.165) is 30.9 Å². The molecular formula is C19H40N2O3. The molecule has 1 aromatic carbocycles. The first-order chi connectivity index (χ1) is 11.8. The van der Waals surface area contributed by atoms with E-state index in [9.17, 15) is 0 Å². The first-order valence-electron chi connectivity index (χ1n) is 8.93. The van der Waals surface area contributed by atoms with Crippen LogP contribution in [0.2, 0.25) is 0 Å². The topological polar surface area (TPSA) is 65.7 Å². The summed E-state index contributed by atoms with van der Waals surface area (Å²) in [5.74, 6) is 0.852. The number of anilines is 1. The molecule has 0 aliphatic rings. The van der Waals surface area contributed by atoms with Gasteiger partial charge in [0.25, 0.3) is 0 Å².